The molecule has 0 aliphatic carbocycles. The summed E-state index contributed by atoms with van der Waals surface area (Å²) in [6, 6.07) is -0.197. The van der Waals surface area contributed by atoms with Crippen LogP contribution in [0.3, 0.4) is 0 Å². The van der Waals surface area contributed by atoms with Gasteiger partial charge in [-0.3, -0.25) is 14.5 Å². The second-order valence-corrected chi connectivity index (χ2v) is 6.15. The number of carboxylic acids is 1. The van der Waals surface area contributed by atoms with Crippen LogP contribution in [0.15, 0.2) is 0 Å². The Morgan fingerprint density at radius 3 is 2.37 bits per heavy atom. The van der Waals surface area contributed by atoms with E-state index in [0.717, 1.165) is 38.9 Å². The van der Waals surface area contributed by atoms with Gasteiger partial charge in [-0.1, -0.05) is 0 Å². The van der Waals surface area contributed by atoms with E-state index in [9.17, 15) is 14.7 Å². The summed E-state index contributed by atoms with van der Waals surface area (Å²) >= 11 is 0. The lowest BCUT2D eigenvalue weighted by Gasteiger charge is -2.40. The Labute approximate surface area is 114 Å². The molecule has 0 aromatic carbocycles. The summed E-state index contributed by atoms with van der Waals surface area (Å²) < 4.78 is 0. The van der Waals surface area contributed by atoms with Crippen LogP contribution in [0.25, 0.3) is 0 Å². The minimum Gasteiger partial charge on any atom is -0.481 e. The first-order chi connectivity index (χ1) is 8.94. The van der Waals surface area contributed by atoms with Crippen LogP contribution in [0, 0.1) is 5.41 Å². The van der Waals surface area contributed by atoms with Crippen LogP contribution in [0.2, 0.25) is 0 Å². The van der Waals surface area contributed by atoms with Crippen molar-refractivity contribution < 1.29 is 14.7 Å². The highest BCUT2D eigenvalue weighted by atomic mass is 16.4. The molecule has 2 heterocycles. The molecule has 0 bridgehead atoms. The van der Waals surface area contributed by atoms with E-state index in [2.05, 4.69) is 0 Å². The number of carboxylic acid groups (broad SMARTS) is 1. The Kier molecular flexibility index (Phi) is 4.13. The van der Waals surface area contributed by atoms with E-state index in [1.54, 1.807) is 6.92 Å². The second kappa shape index (κ2) is 5.49. The third kappa shape index (κ3) is 2.91. The molecule has 108 valence electrons. The zero-order valence-corrected chi connectivity index (χ0v) is 11.9. The molecular formula is C14H24N2O3. The van der Waals surface area contributed by atoms with Gasteiger partial charge in [-0.25, -0.2) is 0 Å². The van der Waals surface area contributed by atoms with Gasteiger partial charge >= 0.3 is 5.97 Å². The molecule has 5 nitrogen and oxygen atoms in total. The van der Waals surface area contributed by atoms with Gasteiger partial charge in [0.25, 0.3) is 0 Å². The van der Waals surface area contributed by atoms with Crippen LogP contribution >= 0.6 is 0 Å². The van der Waals surface area contributed by atoms with Gasteiger partial charge in [0.15, 0.2) is 0 Å². The lowest BCUT2D eigenvalue weighted by molar-refractivity contribution is -0.153. The maximum Gasteiger partial charge on any atom is 0.310 e. The van der Waals surface area contributed by atoms with E-state index in [1.807, 2.05) is 16.7 Å². The fourth-order valence-corrected chi connectivity index (χ4v) is 3.14. The Balaban J connectivity index is 2.00. The van der Waals surface area contributed by atoms with Crippen LogP contribution in [-0.4, -0.2) is 59.0 Å². The molecule has 1 amide bonds. The fourth-order valence-electron chi connectivity index (χ4n) is 3.14. The molecule has 2 aliphatic heterocycles. The van der Waals surface area contributed by atoms with Crippen LogP contribution in [0.5, 0.6) is 0 Å². The number of piperidine rings is 1. The molecule has 0 radical (unpaired) electrons. The van der Waals surface area contributed by atoms with Gasteiger partial charge < -0.3 is 10.0 Å². The number of hydrogen-bond donors (Lipinski definition) is 1. The zero-order valence-electron chi connectivity index (χ0n) is 11.9. The topological polar surface area (TPSA) is 60.9 Å². The van der Waals surface area contributed by atoms with Crippen LogP contribution < -0.4 is 0 Å². The average Bonchev–Trinajstić information content (AvgIpc) is 2.90. The molecule has 2 fully saturated rings. The number of aliphatic carboxylic acids is 1. The van der Waals surface area contributed by atoms with Crippen molar-refractivity contribution in [2.75, 3.05) is 26.2 Å². The summed E-state index contributed by atoms with van der Waals surface area (Å²) in [6.45, 7) is 6.70. The van der Waals surface area contributed by atoms with Crippen LogP contribution in [0.4, 0.5) is 0 Å². The van der Waals surface area contributed by atoms with Gasteiger partial charge in [-0.05, 0) is 46.1 Å². The monoisotopic (exact) mass is 268 g/mol. The highest BCUT2D eigenvalue weighted by Gasteiger charge is 2.40. The van der Waals surface area contributed by atoms with Crippen molar-refractivity contribution >= 4 is 11.9 Å². The van der Waals surface area contributed by atoms with E-state index in [-0.39, 0.29) is 11.9 Å². The molecule has 2 aliphatic rings. The number of carbonyl (C=O) groups excluding carboxylic acids is 1. The first-order valence-corrected chi connectivity index (χ1v) is 7.20. The Hall–Kier alpha value is -1.10. The molecule has 19 heavy (non-hydrogen) atoms. The number of nitrogens with zero attached hydrogens (tertiary/aromatic N) is 2. The van der Waals surface area contributed by atoms with E-state index in [1.165, 1.54) is 0 Å². The van der Waals surface area contributed by atoms with Gasteiger partial charge in [0.05, 0.1) is 11.5 Å². The minimum atomic E-state index is -0.752. The Bertz CT molecular complexity index is 366. The third-order valence-electron chi connectivity index (χ3n) is 4.57. The first-order valence-electron chi connectivity index (χ1n) is 7.20. The quantitative estimate of drug-likeness (QED) is 0.835. The molecule has 0 saturated carbocycles. The smallest absolute Gasteiger partial charge is 0.310 e. The summed E-state index contributed by atoms with van der Waals surface area (Å²) in [7, 11) is 0. The van der Waals surface area contributed by atoms with Crippen LogP contribution in [0.1, 0.15) is 39.5 Å². The van der Waals surface area contributed by atoms with Crippen molar-refractivity contribution in [2.45, 2.75) is 45.6 Å². The van der Waals surface area contributed by atoms with Gasteiger partial charge in [-0.2, -0.15) is 0 Å². The van der Waals surface area contributed by atoms with E-state index in [4.69, 9.17) is 0 Å². The predicted octanol–water partition coefficient (Wildman–Crippen LogP) is 1.18. The minimum absolute atomic E-state index is 0.159. The number of amides is 1. The molecule has 2 saturated heterocycles. The average molecular weight is 268 g/mol. The van der Waals surface area contributed by atoms with Crippen molar-refractivity contribution in [3.8, 4) is 0 Å². The lowest BCUT2D eigenvalue weighted by atomic mass is 9.81. The summed E-state index contributed by atoms with van der Waals surface area (Å²) in [5.74, 6) is -0.592. The number of carbonyl (C=O) groups is 2. The molecule has 2 rings (SSSR count). The van der Waals surface area contributed by atoms with Crippen molar-refractivity contribution in [1.29, 1.82) is 0 Å². The molecule has 2 atom stereocenters. The maximum absolute atomic E-state index is 12.4. The maximum atomic E-state index is 12.4. The molecule has 0 spiro atoms. The largest absolute Gasteiger partial charge is 0.481 e. The van der Waals surface area contributed by atoms with Gasteiger partial charge in [0.2, 0.25) is 5.91 Å². The SMILES string of the molecule is CC(C(=O)N1CCCC1)N1CCCC(C)(C(=O)O)C1. The number of rotatable bonds is 3. The number of likely N-dealkylation sites (tertiary alicyclic amines) is 2. The molecular weight excluding hydrogens is 244 g/mol. The second-order valence-electron chi connectivity index (χ2n) is 6.15. The first kappa shape index (κ1) is 14.3. The summed E-state index contributed by atoms with van der Waals surface area (Å²) in [6.07, 6.45) is 3.72. The predicted molar refractivity (Wildman–Crippen MR) is 71.8 cm³/mol. The van der Waals surface area contributed by atoms with E-state index < -0.39 is 11.4 Å². The van der Waals surface area contributed by atoms with Gasteiger partial charge in [0.1, 0.15) is 0 Å². The third-order valence-corrected chi connectivity index (χ3v) is 4.57. The van der Waals surface area contributed by atoms with E-state index >= 15 is 0 Å². The standard InChI is InChI=1S/C14H24N2O3/c1-11(12(17)15-7-3-4-8-15)16-9-5-6-14(2,10-16)13(18)19/h11H,3-10H2,1-2H3,(H,18,19). The lowest BCUT2D eigenvalue weighted by Crippen LogP contribution is -2.54. The Morgan fingerprint density at radius 2 is 1.79 bits per heavy atom. The van der Waals surface area contributed by atoms with Crippen molar-refractivity contribution in [3.05, 3.63) is 0 Å². The Morgan fingerprint density at radius 1 is 1.16 bits per heavy atom. The van der Waals surface area contributed by atoms with Crippen molar-refractivity contribution in [3.63, 3.8) is 0 Å². The summed E-state index contributed by atoms with van der Waals surface area (Å²) in [4.78, 5) is 27.7. The summed E-state index contributed by atoms with van der Waals surface area (Å²) in [5, 5.41) is 9.33. The van der Waals surface area contributed by atoms with Crippen molar-refractivity contribution in [1.82, 2.24) is 9.80 Å². The molecule has 0 aromatic rings. The number of hydrogen-bond acceptors (Lipinski definition) is 3. The van der Waals surface area contributed by atoms with Crippen LogP contribution in [-0.2, 0) is 9.59 Å². The normalized spacial score (nSPS) is 30.3. The molecule has 1 N–H and O–H groups in total. The van der Waals surface area contributed by atoms with E-state index in [0.29, 0.717) is 13.0 Å². The summed E-state index contributed by atoms with van der Waals surface area (Å²) in [5.41, 5.74) is -0.711. The zero-order chi connectivity index (χ0) is 14.0. The molecule has 5 heteroatoms. The van der Waals surface area contributed by atoms with Gasteiger partial charge in [-0.15, -0.1) is 0 Å². The van der Waals surface area contributed by atoms with Crippen molar-refractivity contribution in [2.24, 2.45) is 5.41 Å². The highest BCUT2D eigenvalue weighted by molar-refractivity contribution is 5.82. The fraction of sp³-hybridized carbons (Fsp3) is 0.857. The molecule has 2 unspecified atom stereocenters. The van der Waals surface area contributed by atoms with Gasteiger partial charge in [0, 0.05) is 19.6 Å². The molecule has 0 aromatic heterocycles. The highest BCUT2D eigenvalue weighted by Crippen LogP contribution is 2.31.